The SMILES string of the molecule is c1ccc2c(c1)CCN(Cc1ccc3c(c1)CC1(CCCN4CCCC4C1)O3)C2. The van der Waals surface area contributed by atoms with Gasteiger partial charge in [-0.2, -0.15) is 0 Å². The van der Waals surface area contributed by atoms with Crippen LogP contribution in [0.1, 0.15) is 54.4 Å². The van der Waals surface area contributed by atoms with Crippen LogP contribution in [0.4, 0.5) is 0 Å². The van der Waals surface area contributed by atoms with Crippen LogP contribution in [-0.2, 0) is 25.9 Å². The zero-order chi connectivity index (χ0) is 19.3. The Hall–Kier alpha value is -1.84. The van der Waals surface area contributed by atoms with Crippen molar-refractivity contribution in [3.8, 4) is 5.75 Å². The van der Waals surface area contributed by atoms with Crippen LogP contribution in [0.5, 0.6) is 5.75 Å². The Labute approximate surface area is 174 Å². The van der Waals surface area contributed by atoms with E-state index < -0.39 is 0 Å². The zero-order valence-electron chi connectivity index (χ0n) is 17.4. The summed E-state index contributed by atoms with van der Waals surface area (Å²) in [5.41, 5.74) is 5.99. The van der Waals surface area contributed by atoms with Gasteiger partial charge in [0.15, 0.2) is 0 Å². The lowest BCUT2D eigenvalue weighted by Crippen LogP contribution is -2.39. The van der Waals surface area contributed by atoms with Gasteiger partial charge in [0.2, 0.25) is 0 Å². The molecule has 1 spiro atoms. The van der Waals surface area contributed by atoms with Crippen LogP contribution in [0.2, 0.25) is 0 Å². The van der Waals surface area contributed by atoms with Crippen molar-refractivity contribution >= 4 is 0 Å². The topological polar surface area (TPSA) is 15.7 Å². The van der Waals surface area contributed by atoms with Crippen LogP contribution in [0.15, 0.2) is 42.5 Å². The number of fused-ring (bicyclic) bond motifs is 3. The summed E-state index contributed by atoms with van der Waals surface area (Å²) in [6, 6.07) is 16.7. The van der Waals surface area contributed by atoms with E-state index in [4.69, 9.17) is 4.74 Å². The first kappa shape index (κ1) is 18.0. The summed E-state index contributed by atoms with van der Waals surface area (Å²) in [4.78, 5) is 5.32. The van der Waals surface area contributed by atoms with Crippen molar-refractivity contribution in [2.45, 2.75) is 69.7 Å². The van der Waals surface area contributed by atoms with Crippen molar-refractivity contribution < 1.29 is 4.74 Å². The molecule has 2 saturated heterocycles. The Kier molecular flexibility index (Phi) is 4.42. The average Bonchev–Trinajstić information content (AvgIpc) is 3.27. The molecule has 2 unspecified atom stereocenters. The normalized spacial score (nSPS) is 29.2. The van der Waals surface area contributed by atoms with Gasteiger partial charge in [0.25, 0.3) is 0 Å². The first-order chi connectivity index (χ1) is 14.3. The molecule has 0 bridgehead atoms. The predicted octanol–water partition coefficient (Wildman–Crippen LogP) is 4.57. The predicted molar refractivity (Wildman–Crippen MR) is 116 cm³/mol. The van der Waals surface area contributed by atoms with E-state index >= 15 is 0 Å². The molecule has 0 radical (unpaired) electrons. The van der Waals surface area contributed by atoms with Gasteiger partial charge in [-0.1, -0.05) is 36.4 Å². The summed E-state index contributed by atoms with van der Waals surface area (Å²) in [6.45, 7) is 5.85. The van der Waals surface area contributed by atoms with Crippen LogP contribution >= 0.6 is 0 Å². The number of rotatable bonds is 2. The third kappa shape index (κ3) is 3.39. The molecule has 2 aromatic carbocycles. The van der Waals surface area contributed by atoms with Crippen LogP contribution in [0.3, 0.4) is 0 Å². The average molecular weight is 389 g/mol. The molecule has 29 heavy (non-hydrogen) atoms. The van der Waals surface area contributed by atoms with E-state index in [0.717, 1.165) is 37.8 Å². The summed E-state index contributed by atoms with van der Waals surface area (Å²) in [5, 5.41) is 0. The van der Waals surface area contributed by atoms with Gasteiger partial charge in [-0.05, 0) is 73.5 Å². The summed E-state index contributed by atoms with van der Waals surface area (Å²) in [5.74, 6) is 1.16. The summed E-state index contributed by atoms with van der Waals surface area (Å²) < 4.78 is 6.67. The molecule has 0 saturated carbocycles. The van der Waals surface area contributed by atoms with Gasteiger partial charge in [-0.25, -0.2) is 0 Å². The van der Waals surface area contributed by atoms with E-state index in [9.17, 15) is 0 Å². The van der Waals surface area contributed by atoms with Crippen LogP contribution in [0, 0.1) is 0 Å². The molecule has 0 aliphatic carbocycles. The van der Waals surface area contributed by atoms with Gasteiger partial charge in [0.1, 0.15) is 11.4 Å². The number of nitrogens with zero attached hydrogens (tertiary/aromatic N) is 2. The van der Waals surface area contributed by atoms with E-state index in [0.29, 0.717) is 0 Å². The fourth-order valence-electron chi connectivity index (χ4n) is 6.34. The number of benzene rings is 2. The lowest BCUT2D eigenvalue weighted by atomic mass is 9.86. The maximum Gasteiger partial charge on any atom is 0.123 e. The molecular weight excluding hydrogens is 356 g/mol. The maximum atomic E-state index is 6.67. The summed E-state index contributed by atoms with van der Waals surface area (Å²) >= 11 is 0. The molecule has 0 amide bonds. The van der Waals surface area contributed by atoms with E-state index in [1.165, 1.54) is 73.9 Å². The van der Waals surface area contributed by atoms with E-state index in [1.54, 1.807) is 0 Å². The van der Waals surface area contributed by atoms with E-state index in [1.807, 2.05) is 0 Å². The highest BCUT2D eigenvalue weighted by Gasteiger charge is 2.44. The molecule has 2 atom stereocenters. The second kappa shape index (κ2) is 7.14. The molecule has 0 aromatic heterocycles. The first-order valence-corrected chi connectivity index (χ1v) is 11.6. The second-order valence-electron chi connectivity index (χ2n) is 9.77. The fraction of sp³-hybridized carbons (Fsp3) is 0.538. The van der Waals surface area contributed by atoms with Gasteiger partial charge < -0.3 is 9.64 Å². The Morgan fingerprint density at radius 2 is 1.86 bits per heavy atom. The minimum absolute atomic E-state index is 0.0643. The largest absolute Gasteiger partial charge is 0.487 e. The number of ether oxygens (including phenoxy) is 1. The van der Waals surface area contributed by atoms with Crippen LogP contribution in [-0.4, -0.2) is 41.1 Å². The number of hydrogen-bond donors (Lipinski definition) is 0. The summed E-state index contributed by atoms with van der Waals surface area (Å²) in [6.07, 6.45) is 8.74. The molecule has 152 valence electrons. The Morgan fingerprint density at radius 1 is 0.966 bits per heavy atom. The van der Waals surface area contributed by atoms with Crippen molar-refractivity contribution in [1.82, 2.24) is 9.80 Å². The summed E-state index contributed by atoms with van der Waals surface area (Å²) in [7, 11) is 0. The lowest BCUT2D eigenvalue weighted by Gasteiger charge is -2.30. The Morgan fingerprint density at radius 3 is 2.83 bits per heavy atom. The first-order valence-electron chi connectivity index (χ1n) is 11.6. The monoisotopic (exact) mass is 388 g/mol. The van der Waals surface area contributed by atoms with Crippen molar-refractivity contribution in [1.29, 1.82) is 0 Å². The third-order valence-corrected chi connectivity index (χ3v) is 7.76. The molecule has 4 aliphatic rings. The van der Waals surface area contributed by atoms with Gasteiger partial charge in [-0.15, -0.1) is 0 Å². The molecule has 3 nitrogen and oxygen atoms in total. The van der Waals surface area contributed by atoms with E-state index in [2.05, 4.69) is 52.3 Å². The van der Waals surface area contributed by atoms with Gasteiger partial charge >= 0.3 is 0 Å². The van der Waals surface area contributed by atoms with E-state index in [-0.39, 0.29) is 5.60 Å². The van der Waals surface area contributed by atoms with Crippen molar-refractivity contribution in [3.63, 3.8) is 0 Å². The standard InChI is InChI=1S/C26H32N2O/c1-2-6-22-19-27(14-10-21(22)5-1)18-20-8-9-25-23(15-20)16-26(29-25)11-4-13-28-12-3-7-24(28)17-26/h1-2,5-6,8-9,15,24H,3-4,7,10-14,16-19H2. The molecule has 2 aromatic rings. The molecule has 6 rings (SSSR count). The third-order valence-electron chi connectivity index (χ3n) is 7.76. The molecule has 3 heteroatoms. The highest BCUT2D eigenvalue weighted by molar-refractivity contribution is 5.42. The molecular formula is C26H32N2O. The van der Waals surface area contributed by atoms with Crippen molar-refractivity contribution in [2.24, 2.45) is 0 Å². The fourth-order valence-corrected chi connectivity index (χ4v) is 6.34. The smallest absolute Gasteiger partial charge is 0.123 e. The highest BCUT2D eigenvalue weighted by Crippen LogP contribution is 2.44. The van der Waals surface area contributed by atoms with Crippen LogP contribution < -0.4 is 4.74 Å². The van der Waals surface area contributed by atoms with Gasteiger partial charge in [-0.3, -0.25) is 4.90 Å². The minimum Gasteiger partial charge on any atom is -0.487 e. The van der Waals surface area contributed by atoms with Crippen molar-refractivity contribution in [2.75, 3.05) is 19.6 Å². The van der Waals surface area contributed by atoms with Crippen molar-refractivity contribution in [3.05, 3.63) is 64.7 Å². The Bertz CT molecular complexity index is 909. The lowest BCUT2D eigenvalue weighted by molar-refractivity contribution is 0.0649. The quantitative estimate of drug-likeness (QED) is 0.750. The highest BCUT2D eigenvalue weighted by atomic mass is 16.5. The Balaban J connectivity index is 1.17. The molecule has 0 N–H and O–H groups in total. The minimum atomic E-state index is 0.0643. The zero-order valence-corrected chi connectivity index (χ0v) is 17.4. The molecule has 2 fully saturated rings. The van der Waals surface area contributed by atoms with Gasteiger partial charge in [0, 0.05) is 38.5 Å². The maximum absolute atomic E-state index is 6.67. The molecule has 4 aliphatic heterocycles. The van der Waals surface area contributed by atoms with Crippen LogP contribution in [0.25, 0.3) is 0 Å². The molecule has 4 heterocycles. The number of hydrogen-bond acceptors (Lipinski definition) is 3. The second-order valence-corrected chi connectivity index (χ2v) is 9.77. The van der Waals surface area contributed by atoms with Gasteiger partial charge in [0.05, 0.1) is 0 Å².